The number of carbonyl (C=O) groups excluding carboxylic acids is 3. The standard InChI is InChI=1S/C24H20N2O3/c27-21(19-12-6-2-7-13-19)17-26-22(28)24(25-23(26)29,20-14-8-3-9-15-20)16-18-10-4-1-5-11-18/h1-15H,16-17H2,(H,25,29). The van der Waals surface area contributed by atoms with Gasteiger partial charge in [0.2, 0.25) is 0 Å². The van der Waals surface area contributed by atoms with Gasteiger partial charge in [-0.1, -0.05) is 91.0 Å². The number of ketones is 1. The van der Waals surface area contributed by atoms with Gasteiger partial charge in [-0.3, -0.25) is 14.5 Å². The van der Waals surface area contributed by atoms with Crippen LogP contribution in [0.1, 0.15) is 21.5 Å². The lowest BCUT2D eigenvalue weighted by Gasteiger charge is -2.27. The Bertz CT molecular complexity index is 1040. The second-order valence-electron chi connectivity index (χ2n) is 7.04. The lowest BCUT2D eigenvalue weighted by molar-refractivity contribution is -0.131. The summed E-state index contributed by atoms with van der Waals surface area (Å²) in [7, 11) is 0. The smallest absolute Gasteiger partial charge is 0.319 e. The summed E-state index contributed by atoms with van der Waals surface area (Å²) in [5.41, 5.74) is 0.836. The van der Waals surface area contributed by atoms with Crippen molar-refractivity contribution in [2.45, 2.75) is 12.0 Å². The van der Waals surface area contributed by atoms with Gasteiger partial charge < -0.3 is 5.32 Å². The van der Waals surface area contributed by atoms with Crippen LogP contribution in [0.25, 0.3) is 0 Å². The third-order valence-corrected chi connectivity index (χ3v) is 5.15. The topological polar surface area (TPSA) is 66.5 Å². The summed E-state index contributed by atoms with van der Waals surface area (Å²) in [6.45, 7) is -0.294. The van der Waals surface area contributed by atoms with Crippen LogP contribution in [0.4, 0.5) is 4.79 Å². The van der Waals surface area contributed by atoms with Gasteiger partial charge in [0.1, 0.15) is 0 Å². The zero-order valence-electron chi connectivity index (χ0n) is 15.7. The van der Waals surface area contributed by atoms with Gasteiger partial charge in [0.15, 0.2) is 11.3 Å². The molecule has 1 fully saturated rings. The molecule has 0 aliphatic carbocycles. The molecule has 1 heterocycles. The number of hydrogen-bond donors (Lipinski definition) is 1. The zero-order chi connectivity index (χ0) is 20.3. The molecular formula is C24H20N2O3. The molecule has 1 atom stereocenters. The molecular weight excluding hydrogens is 364 g/mol. The van der Waals surface area contributed by atoms with Crippen molar-refractivity contribution in [2.75, 3.05) is 6.54 Å². The fourth-order valence-electron chi connectivity index (χ4n) is 3.67. The van der Waals surface area contributed by atoms with Crippen molar-refractivity contribution in [3.63, 3.8) is 0 Å². The van der Waals surface area contributed by atoms with E-state index in [4.69, 9.17) is 0 Å². The molecule has 5 nitrogen and oxygen atoms in total. The van der Waals surface area contributed by atoms with Crippen molar-refractivity contribution in [2.24, 2.45) is 0 Å². The molecule has 0 saturated carbocycles. The fraction of sp³-hybridized carbons (Fsp3) is 0.125. The largest absolute Gasteiger partial charge is 0.325 e. The quantitative estimate of drug-likeness (QED) is 0.522. The first-order valence-corrected chi connectivity index (χ1v) is 9.42. The molecule has 0 aromatic heterocycles. The Labute approximate surface area is 169 Å². The number of urea groups is 1. The first-order chi connectivity index (χ1) is 14.1. The molecule has 3 aromatic rings. The monoisotopic (exact) mass is 384 g/mol. The average molecular weight is 384 g/mol. The molecule has 3 amide bonds. The van der Waals surface area contributed by atoms with E-state index in [1.807, 2.05) is 66.7 Å². The molecule has 1 N–H and O–H groups in total. The molecule has 29 heavy (non-hydrogen) atoms. The summed E-state index contributed by atoms with van der Waals surface area (Å²) in [5.74, 6) is -0.695. The first-order valence-electron chi connectivity index (χ1n) is 9.42. The minimum absolute atomic E-state index is 0.280. The van der Waals surface area contributed by atoms with Gasteiger partial charge >= 0.3 is 6.03 Å². The van der Waals surface area contributed by atoms with Crippen molar-refractivity contribution in [3.8, 4) is 0 Å². The van der Waals surface area contributed by atoms with Crippen molar-refractivity contribution >= 4 is 17.7 Å². The molecule has 3 aromatic carbocycles. The predicted octanol–water partition coefficient (Wildman–Crippen LogP) is 3.56. The van der Waals surface area contributed by atoms with E-state index in [1.54, 1.807) is 24.3 Å². The highest BCUT2D eigenvalue weighted by molar-refractivity contribution is 6.11. The summed E-state index contributed by atoms with van der Waals surface area (Å²) in [6, 6.07) is 26.8. The van der Waals surface area contributed by atoms with E-state index in [0.29, 0.717) is 17.5 Å². The lowest BCUT2D eigenvalue weighted by Crippen LogP contribution is -2.46. The van der Waals surface area contributed by atoms with Crippen LogP contribution in [0.5, 0.6) is 0 Å². The normalized spacial score (nSPS) is 18.6. The second-order valence-corrected chi connectivity index (χ2v) is 7.04. The van der Waals surface area contributed by atoms with E-state index in [-0.39, 0.29) is 12.3 Å². The molecule has 1 saturated heterocycles. The van der Waals surface area contributed by atoms with Gasteiger partial charge in [-0.2, -0.15) is 0 Å². The number of benzene rings is 3. The Morgan fingerprint density at radius 1 is 0.793 bits per heavy atom. The van der Waals surface area contributed by atoms with Crippen LogP contribution in [0, 0.1) is 0 Å². The molecule has 0 radical (unpaired) electrons. The molecule has 5 heteroatoms. The maximum absolute atomic E-state index is 13.5. The molecule has 1 unspecified atom stereocenters. The van der Waals surface area contributed by atoms with E-state index in [1.165, 1.54) is 0 Å². The van der Waals surface area contributed by atoms with Gasteiger partial charge in [-0.05, 0) is 11.1 Å². The van der Waals surface area contributed by atoms with E-state index in [9.17, 15) is 14.4 Å². The van der Waals surface area contributed by atoms with Crippen LogP contribution in [-0.4, -0.2) is 29.2 Å². The number of Topliss-reactive ketones (excluding diaryl/α,β-unsaturated/α-hetero) is 1. The molecule has 0 bridgehead atoms. The minimum atomic E-state index is -1.24. The zero-order valence-corrected chi connectivity index (χ0v) is 15.7. The van der Waals surface area contributed by atoms with E-state index >= 15 is 0 Å². The highest BCUT2D eigenvalue weighted by Gasteiger charge is 2.52. The predicted molar refractivity (Wildman–Crippen MR) is 109 cm³/mol. The van der Waals surface area contributed by atoms with E-state index in [2.05, 4.69) is 5.32 Å². The van der Waals surface area contributed by atoms with Crippen LogP contribution in [0.3, 0.4) is 0 Å². The SMILES string of the molecule is O=C(CN1C(=O)NC(Cc2ccccc2)(c2ccccc2)C1=O)c1ccccc1. The average Bonchev–Trinajstić information content (AvgIpc) is 3.00. The summed E-state index contributed by atoms with van der Waals surface area (Å²) in [4.78, 5) is 39.9. The Morgan fingerprint density at radius 3 is 1.97 bits per heavy atom. The van der Waals surface area contributed by atoms with Gasteiger partial charge in [0.25, 0.3) is 5.91 Å². The van der Waals surface area contributed by atoms with Gasteiger partial charge in [-0.15, -0.1) is 0 Å². The van der Waals surface area contributed by atoms with Crippen LogP contribution in [0.15, 0.2) is 91.0 Å². The van der Waals surface area contributed by atoms with E-state index in [0.717, 1.165) is 10.5 Å². The van der Waals surface area contributed by atoms with Crippen molar-refractivity contribution in [3.05, 3.63) is 108 Å². The Kier molecular flexibility index (Phi) is 4.96. The number of rotatable bonds is 6. The number of carbonyl (C=O) groups is 3. The summed E-state index contributed by atoms with van der Waals surface area (Å²) < 4.78 is 0. The number of imide groups is 1. The minimum Gasteiger partial charge on any atom is -0.319 e. The van der Waals surface area contributed by atoms with Crippen molar-refractivity contribution < 1.29 is 14.4 Å². The Hall–Kier alpha value is -3.73. The molecule has 0 spiro atoms. The molecule has 1 aliphatic heterocycles. The van der Waals surface area contributed by atoms with Crippen molar-refractivity contribution in [1.82, 2.24) is 10.2 Å². The fourth-order valence-corrected chi connectivity index (χ4v) is 3.67. The molecule has 4 rings (SSSR count). The van der Waals surface area contributed by atoms with Crippen LogP contribution in [-0.2, 0) is 16.8 Å². The van der Waals surface area contributed by atoms with Gasteiger partial charge in [0, 0.05) is 12.0 Å². The summed E-state index contributed by atoms with van der Waals surface area (Å²) in [5, 5.41) is 2.87. The maximum Gasteiger partial charge on any atom is 0.325 e. The summed E-state index contributed by atoms with van der Waals surface area (Å²) >= 11 is 0. The van der Waals surface area contributed by atoms with Gasteiger partial charge in [0.05, 0.1) is 6.54 Å². The van der Waals surface area contributed by atoms with E-state index < -0.39 is 17.5 Å². The number of nitrogens with one attached hydrogen (secondary N) is 1. The van der Waals surface area contributed by atoms with Gasteiger partial charge in [-0.25, -0.2) is 4.79 Å². The second kappa shape index (κ2) is 7.72. The summed E-state index contributed by atoms with van der Waals surface area (Å²) in [6.07, 6.45) is 0.304. The lowest BCUT2D eigenvalue weighted by atomic mass is 9.83. The third kappa shape index (κ3) is 3.55. The number of amides is 3. The Balaban J connectivity index is 1.68. The number of nitrogens with zero attached hydrogens (tertiary/aromatic N) is 1. The van der Waals surface area contributed by atoms with Crippen molar-refractivity contribution in [1.29, 1.82) is 0 Å². The highest BCUT2D eigenvalue weighted by Crippen LogP contribution is 2.33. The maximum atomic E-state index is 13.5. The Morgan fingerprint density at radius 2 is 1.34 bits per heavy atom. The first kappa shape index (κ1) is 18.6. The van der Waals surface area contributed by atoms with Crippen LogP contribution in [0.2, 0.25) is 0 Å². The van der Waals surface area contributed by atoms with Crippen LogP contribution < -0.4 is 5.32 Å². The number of hydrogen-bond acceptors (Lipinski definition) is 3. The molecule has 144 valence electrons. The van der Waals surface area contributed by atoms with Crippen LogP contribution >= 0.6 is 0 Å². The highest BCUT2D eigenvalue weighted by atomic mass is 16.2. The molecule has 1 aliphatic rings. The third-order valence-electron chi connectivity index (χ3n) is 5.15.